The largest absolute Gasteiger partial charge is 0.505 e. The van der Waals surface area contributed by atoms with Crippen LogP contribution in [0.4, 0.5) is 4.39 Å². The Bertz CT molecular complexity index is 334. The van der Waals surface area contributed by atoms with Crippen LogP contribution in [-0.4, -0.2) is 5.11 Å². The Morgan fingerprint density at radius 2 is 2.00 bits per heavy atom. The summed E-state index contributed by atoms with van der Waals surface area (Å²) in [6.07, 6.45) is 0. The van der Waals surface area contributed by atoms with Gasteiger partial charge in [-0.3, -0.25) is 0 Å². The van der Waals surface area contributed by atoms with Gasteiger partial charge in [0.05, 0.1) is 0 Å². The second kappa shape index (κ2) is 3.58. The molecule has 0 spiro atoms. The molecule has 0 heterocycles. The molecule has 0 radical (unpaired) electrons. The molecule has 0 bridgehead atoms. The highest BCUT2D eigenvalue weighted by Gasteiger charge is 2.25. The maximum atomic E-state index is 13.1. The van der Waals surface area contributed by atoms with Crippen molar-refractivity contribution >= 4 is 0 Å². The number of aromatic hydroxyl groups is 1. The third-order valence-electron chi connectivity index (χ3n) is 2.77. The van der Waals surface area contributed by atoms with Gasteiger partial charge in [-0.1, -0.05) is 19.9 Å². The normalized spacial score (nSPS) is 15.6. The smallest absolute Gasteiger partial charge is 0.165 e. The number of rotatable bonds is 2. The summed E-state index contributed by atoms with van der Waals surface area (Å²) in [4.78, 5) is 0. The molecule has 2 nitrogen and oxygen atoms in total. The molecule has 14 heavy (non-hydrogen) atoms. The SMILES string of the molecule is CC(C)[C@](C)(N)c1ccc(O)c(F)c1. The van der Waals surface area contributed by atoms with Gasteiger partial charge in [0.15, 0.2) is 11.6 Å². The van der Waals surface area contributed by atoms with Crippen molar-refractivity contribution in [3.05, 3.63) is 29.6 Å². The van der Waals surface area contributed by atoms with Gasteiger partial charge in [-0.2, -0.15) is 0 Å². The first-order chi connectivity index (χ1) is 6.35. The van der Waals surface area contributed by atoms with Crippen LogP contribution >= 0.6 is 0 Å². The molecule has 0 fully saturated rings. The standard InChI is InChI=1S/C11H16FNO/c1-7(2)11(3,13)8-4-5-10(14)9(12)6-8/h4-7,14H,13H2,1-3H3/t11-/m0/s1. The fourth-order valence-corrected chi connectivity index (χ4v) is 1.18. The number of hydrogen-bond donors (Lipinski definition) is 2. The second-order valence-corrected chi connectivity index (χ2v) is 4.10. The van der Waals surface area contributed by atoms with Gasteiger partial charge in [0.1, 0.15) is 0 Å². The van der Waals surface area contributed by atoms with Crippen LogP contribution in [0.15, 0.2) is 18.2 Å². The molecule has 0 aliphatic rings. The van der Waals surface area contributed by atoms with Crippen LogP contribution in [0.1, 0.15) is 26.3 Å². The van der Waals surface area contributed by atoms with Crippen LogP contribution in [-0.2, 0) is 5.54 Å². The van der Waals surface area contributed by atoms with Crippen molar-refractivity contribution < 1.29 is 9.50 Å². The van der Waals surface area contributed by atoms with E-state index < -0.39 is 11.4 Å². The lowest BCUT2D eigenvalue weighted by Crippen LogP contribution is -2.38. The van der Waals surface area contributed by atoms with E-state index in [1.807, 2.05) is 20.8 Å². The predicted octanol–water partition coefficient (Wildman–Crippen LogP) is 2.36. The molecule has 3 heteroatoms. The molecule has 3 N–H and O–H groups in total. The van der Waals surface area contributed by atoms with Crippen molar-refractivity contribution in [2.75, 3.05) is 0 Å². The van der Waals surface area contributed by atoms with Crippen molar-refractivity contribution in [3.8, 4) is 5.75 Å². The molecule has 1 aromatic rings. The third kappa shape index (κ3) is 1.87. The van der Waals surface area contributed by atoms with Gasteiger partial charge < -0.3 is 10.8 Å². The van der Waals surface area contributed by atoms with E-state index in [2.05, 4.69) is 0 Å². The number of halogens is 1. The van der Waals surface area contributed by atoms with E-state index in [0.29, 0.717) is 5.56 Å². The summed E-state index contributed by atoms with van der Waals surface area (Å²) in [7, 11) is 0. The summed E-state index contributed by atoms with van der Waals surface area (Å²) in [6.45, 7) is 5.80. The highest BCUT2D eigenvalue weighted by atomic mass is 19.1. The lowest BCUT2D eigenvalue weighted by molar-refractivity contribution is 0.347. The summed E-state index contributed by atoms with van der Waals surface area (Å²) in [6, 6.07) is 4.27. The molecule has 0 saturated heterocycles. The summed E-state index contributed by atoms with van der Waals surface area (Å²) in [5.41, 5.74) is 6.17. The molecular weight excluding hydrogens is 181 g/mol. The molecule has 1 aromatic carbocycles. The van der Waals surface area contributed by atoms with Crippen molar-refractivity contribution in [3.63, 3.8) is 0 Å². The Morgan fingerprint density at radius 3 is 2.43 bits per heavy atom. The number of phenols is 1. The number of phenolic OH excluding ortho intramolecular Hbond substituents is 1. The monoisotopic (exact) mass is 197 g/mol. The van der Waals surface area contributed by atoms with Crippen molar-refractivity contribution in [1.82, 2.24) is 0 Å². The maximum absolute atomic E-state index is 13.1. The second-order valence-electron chi connectivity index (χ2n) is 4.10. The van der Waals surface area contributed by atoms with Gasteiger partial charge in [0.25, 0.3) is 0 Å². The minimum Gasteiger partial charge on any atom is -0.505 e. The first-order valence-corrected chi connectivity index (χ1v) is 4.63. The lowest BCUT2D eigenvalue weighted by Gasteiger charge is -2.29. The van der Waals surface area contributed by atoms with E-state index in [1.54, 1.807) is 6.07 Å². The van der Waals surface area contributed by atoms with Crippen LogP contribution in [0, 0.1) is 11.7 Å². The summed E-state index contributed by atoms with van der Waals surface area (Å²) in [5.74, 6) is -0.764. The number of nitrogens with two attached hydrogens (primary N) is 1. The number of benzene rings is 1. The molecule has 78 valence electrons. The van der Waals surface area contributed by atoms with Crippen molar-refractivity contribution in [2.45, 2.75) is 26.3 Å². The van der Waals surface area contributed by atoms with Crippen LogP contribution in [0.25, 0.3) is 0 Å². The molecule has 0 aromatic heterocycles. The van der Waals surface area contributed by atoms with Crippen LogP contribution < -0.4 is 5.73 Å². The minimum absolute atomic E-state index is 0.200. The molecule has 0 saturated carbocycles. The van der Waals surface area contributed by atoms with Gasteiger partial charge in [0, 0.05) is 5.54 Å². The minimum atomic E-state index is -0.625. The van der Waals surface area contributed by atoms with E-state index >= 15 is 0 Å². The summed E-state index contributed by atoms with van der Waals surface area (Å²) < 4.78 is 13.1. The Balaban J connectivity index is 3.14. The lowest BCUT2D eigenvalue weighted by atomic mass is 9.83. The van der Waals surface area contributed by atoms with E-state index in [1.165, 1.54) is 12.1 Å². The van der Waals surface area contributed by atoms with Gasteiger partial charge in [0.2, 0.25) is 0 Å². The number of hydrogen-bond acceptors (Lipinski definition) is 2. The Kier molecular flexibility index (Phi) is 2.81. The highest BCUT2D eigenvalue weighted by Crippen LogP contribution is 2.28. The van der Waals surface area contributed by atoms with Crippen LogP contribution in [0.3, 0.4) is 0 Å². The zero-order chi connectivity index (χ0) is 10.9. The van der Waals surface area contributed by atoms with Crippen molar-refractivity contribution in [1.29, 1.82) is 0 Å². The van der Waals surface area contributed by atoms with Crippen LogP contribution in [0.2, 0.25) is 0 Å². The van der Waals surface area contributed by atoms with Gasteiger partial charge in [-0.05, 0) is 30.5 Å². The highest BCUT2D eigenvalue weighted by molar-refractivity contribution is 5.32. The average molecular weight is 197 g/mol. The molecule has 0 aliphatic carbocycles. The van der Waals surface area contributed by atoms with E-state index in [0.717, 1.165) is 0 Å². The van der Waals surface area contributed by atoms with Crippen molar-refractivity contribution in [2.24, 2.45) is 11.7 Å². The molecule has 1 rings (SSSR count). The maximum Gasteiger partial charge on any atom is 0.165 e. The predicted molar refractivity (Wildman–Crippen MR) is 54.4 cm³/mol. The fraction of sp³-hybridized carbons (Fsp3) is 0.455. The summed E-state index contributed by atoms with van der Waals surface area (Å²) >= 11 is 0. The quantitative estimate of drug-likeness (QED) is 0.764. The van der Waals surface area contributed by atoms with E-state index in [4.69, 9.17) is 10.8 Å². The van der Waals surface area contributed by atoms with Gasteiger partial charge in [-0.25, -0.2) is 4.39 Å². The Morgan fingerprint density at radius 1 is 1.43 bits per heavy atom. The van der Waals surface area contributed by atoms with Gasteiger partial charge in [-0.15, -0.1) is 0 Å². The third-order valence-corrected chi connectivity index (χ3v) is 2.77. The molecule has 0 unspecified atom stereocenters. The average Bonchev–Trinajstić information content (AvgIpc) is 2.09. The first-order valence-electron chi connectivity index (χ1n) is 4.63. The molecule has 1 atom stereocenters. The van der Waals surface area contributed by atoms with Crippen LogP contribution in [0.5, 0.6) is 5.75 Å². The Labute approximate surface area is 83.6 Å². The molecular formula is C11H16FNO. The topological polar surface area (TPSA) is 46.2 Å². The first kappa shape index (κ1) is 11.0. The molecule has 0 amide bonds. The zero-order valence-corrected chi connectivity index (χ0v) is 8.71. The molecule has 0 aliphatic heterocycles. The van der Waals surface area contributed by atoms with E-state index in [9.17, 15) is 4.39 Å². The summed E-state index contributed by atoms with van der Waals surface area (Å²) in [5, 5.41) is 9.03. The fourth-order valence-electron chi connectivity index (χ4n) is 1.18. The van der Waals surface area contributed by atoms with Gasteiger partial charge >= 0.3 is 0 Å². The van der Waals surface area contributed by atoms with E-state index in [-0.39, 0.29) is 11.7 Å². The zero-order valence-electron chi connectivity index (χ0n) is 8.71. The Hall–Kier alpha value is -1.09.